The number of amides is 2. The number of nitrogens with zero attached hydrogens (tertiary/aromatic N) is 1. The van der Waals surface area contributed by atoms with Gasteiger partial charge in [-0.2, -0.15) is 0 Å². The van der Waals surface area contributed by atoms with Gasteiger partial charge in [0.1, 0.15) is 11.9 Å². The number of carbonyl (C=O) groups is 2. The number of carbonyl (C=O) groups excluding carboxylic acids is 2. The fraction of sp³-hybridized carbons (Fsp3) is 0.417. The first-order valence-electron chi connectivity index (χ1n) is 10.3. The van der Waals surface area contributed by atoms with Crippen molar-refractivity contribution < 1.29 is 14.0 Å². The lowest BCUT2D eigenvalue weighted by Gasteiger charge is -2.35. The van der Waals surface area contributed by atoms with E-state index in [4.69, 9.17) is 0 Å². The molecule has 1 aliphatic rings. The Labute approximate surface area is 172 Å². The van der Waals surface area contributed by atoms with Gasteiger partial charge in [-0.25, -0.2) is 4.39 Å². The number of benzene rings is 2. The van der Waals surface area contributed by atoms with Crippen molar-refractivity contribution in [2.45, 2.75) is 39.2 Å². The summed E-state index contributed by atoms with van der Waals surface area (Å²) in [4.78, 5) is 27.4. The molecule has 0 saturated carbocycles. The molecule has 1 heterocycles. The predicted molar refractivity (Wildman–Crippen MR) is 112 cm³/mol. The van der Waals surface area contributed by atoms with Crippen LogP contribution in [-0.4, -0.2) is 35.8 Å². The highest BCUT2D eigenvalue weighted by Crippen LogP contribution is 2.23. The Balaban J connectivity index is 1.58. The largest absolute Gasteiger partial charge is 0.341 e. The summed E-state index contributed by atoms with van der Waals surface area (Å²) in [6.07, 6.45) is 2.93. The van der Waals surface area contributed by atoms with E-state index in [1.54, 1.807) is 6.07 Å². The van der Waals surface area contributed by atoms with Crippen molar-refractivity contribution in [1.82, 2.24) is 10.2 Å². The maximum absolute atomic E-state index is 13.9. The van der Waals surface area contributed by atoms with Crippen molar-refractivity contribution in [3.05, 3.63) is 71.5 Å². The van der Waals surface area contributed by atoms with E-state index >= 15 is 0 Å². The van der Waals surface area contributed by atoms with Gasteiger partial charge in [-0.05, 0) is 48.8 Å². The third kappa shape index (κ3) is 5.43. The van der Waals surface area contributed by atoms with E-state index < -0.39 is 17.8 Å². The summed E-state index contributed by atoms with van der Waals surface area (Å²) < 4.78 is 13.9. The average molecular weight is 397 g/mol. The van der Waals surface area contributed by atoms with Gasteiger partial charge >= 0.3 is 0 Å². The molecule has 2 aromatic rings. The number of nitrogens with one attached hydrogen (secondary N) is 1. The lowest BCUT2D eigenvalue weighted by Crippen LogP contribution is -2.53. The topological polar surface area (TPSA) is 49.4 Å². The summed E-state index contributed by atoms with van der Waals surface area (Å²) in [6, 6.07) is 15.6. The van der Waals surface area contributed by atoms with E-state index in [-0.39, 0.29) is 17.4 Å². The molecule has 5 heteroatoms. The number of hydrogen-bond acceptors (Lipinski definition) is 2. The molecule has 154 valence electrons. The minimum Gasteiger partial charge on any atom is -0.341 e. The maximum Gasteiger partial charge on any atom is 0.254 e. The Hall–Kier alpha value is -2.69. The van der Waals surface area contributed by atoms with E-state index in [0.717, 1.165) is 19.3 Å². The summed E-state index contributed by atoms with van der Waals surface area (Å²) in [7, 11) is 0. The van der Waals surface area contributed by atoms with Crippen LogP contribution in [0.4, 0.5) is 4.39 Å². The zero-order valence-corrected chi connectivity index (χ0v) is 17.1. The molecular formula is C24H29FN2O2. The molecule has 2 amide bonds. The molecule has 0 bridgehead atoms. The fourth-order valence-electron chi connectivity index (χ4n) is 3.88. The van der Waals surface area contributed by atoms with Crippen LogP contribution in [0.25, 0.3) is 0 Å². The smallest absolute Gasteiger partial charge is 0.254 e. The average Bonchev–Trinajstić information content (AvgIpc) is 2.73. The summed E-state index contributed by atoms with van der Waals surface area (Å²) >= 11 is 0. The number of halogens is 1. The summed E-state index contributed by atoms with van der Waals surface area (Å²) in [5.41, 5.74) is 1.29. The highest BCUT2D eigenvalue weighted by atomic mass is 19.1. The van der Waals surface area contributed by atoms with Crippen LogP contribution >= 0.6 is 0 Å². The van der Waals surface area contributed by atoms with Gasteiger partial charge in [0.2, 0.25) is 5.91 Å². The van der Waals surface area contributed by atoms with Crippen LogP contribution in [0.2, 0.25) is 0 Å². The van der Waals surface area contributed by atoms with E-state index in [0.29, 0.717) is 19.0 Å². The van der Waals surface area contributed by atoms with Crippen molar-refractivity contribution in [3.63, 3.8) is 0 Å². The molecule has 1 atom stereocenters. The molecule has 1 aliphatic heterocycles. The van der Waals surface area contributed by atoms with Crippen molar-refractivity contribution in [2.24, 2.45) is 11.8 Å². The summed E-state index contributed by atoms with van der Waals surface area (Å²) in [5, 5.41) is 2.75. The van der Waals surface area contributed by atoms with Gasteiger partial charge in [0, 0.05) is 13.1 Å². The number of hydrogen-bond donors (Lipinski definition) is 1. The minimum atomic E-state index is -0.659. The molecule has 0 unspecified atom stereocenters. The molecule has 1 saturated heterocycles. The second-order valence-electron chi connectivity index (χ2n) is 8.13. The van der Waals surface area contributed by atoms with Crippen LogP contribution in [-0.2, 0) is 11.2 Å². The minimum absolute atomic E-state index is 0.0347. The second kappa shape index (κ2) is 9.68. The molecule has 2 aromatic carbocycles. The third-order valence-electron chi connectivity index (χ3n) is 5.63. The molecule has 0 spiro atoms. The second-order valence-corrected chi connectivity index (χ2v) is 8.13. The van der Waals surface area contributed by atoms with Crippen LogP contribution in [0, 0.1) is 17.7 Å². The van der Waals surface area contributed by atoms with Gasteiger partial charge in [0.05, 0.1) is 5.56 Å². The number of likely N-dealkylation sites (tertiary alicyclic amines) is 1. The lowest BCUT2D eigenvalue weighted by molar-refractivity contribution is -0.135. The van der Waals surface area contributed by atoms with Crippen LogP contribution in [0.3, 0.4) is 0 Å². The van der Waals surface area contributed by atoms with Crippen molar-refractivity contribution >= 4 is 11.8 Å². The van der Waals surface area contributed by atoms with Crippen molar-refractivity contribution in [1.29, 1.82) is 0 Å². The van der Waals surface area contributed by atoms with Crippen LogP contribution in [0.1, 0.15) is 42.6 Å². The van der Waals surface area contributed by atoms with Crippen LogP contribution < -0.4 is 5.32 Å². The molecule has 0 aromatic heterocycles. The SMILES string of the molecule is CC(C)[C@H](NC(=O)c1ccccc1F)C(=O)N1CCC(Cc2ccccc2)CC1. The maximum atomic E-state index is 13.9. The Bertz CT molecular complexity index is 830. The van der Waals surface area contributed by atoms with Crippen molar-refractivity contribution in [3.8, 4) is 0 Å². The van der Waals surface area contributed by atoms with Crippen LogP contribution in [0.15, 0.2) is 54.6 Å². The molecule has 1 N–H and O–H groups in total. The Morgan fingerprint density at radius 2 is 1.66 bits per heavy atom. The standard InChI is InChI=1S/C24H29FN2O2/c1-17(2)22(26-23(28)20-10-6-7-11-21(20)25)24(29)27-14-12-19(13-15-27)16-18-8-4-3-5-9-18/h3-11,17,19,22H,12-16H2,1-2H3,(H,26,28)/t22-/m0/s1. The summed E-state index contributed by atoms with van der Waals surface area (Å²) in [5.74, 6) is -0.731. The molecule has 0 aliphatic carbocycles. The van der Waals surface area contributed by atoms with E-state index in [1.807, 2.05) is 24.8 Å². The fourth-order valence-corrected chi connectivity index (χ4v) is 3.88. The highest BCUT2D eigenvalue weighted by Gasteiger charge is 2.31. The molecule has 4 nitrogen and oxygen atoms in total. The first-order chi connectivity index (χ1) is 14.0. The molecule has 1 fully saturated rings. The Morgan fingerprint density at radius 1 is 1.03 bits per heavy atom. The van der Waals surface area contributed by atoms with Gasteiger partial charge in [-0.1, -0.05) is 56.3 Å². The van der Waals surface area contributed by atoms with Gasteiger partial charge in [-0.15, -0.1) is 0 Å². The zero-order chi connectivity index (χ0) is 20.8. The van der Waals surface area contributed by atoms with Gasteiger partial charge in [0.25, 0.3) is 5.91 Å². The third-order valence-corrected chi connectivity index (χ3v) is 5.63. The number of rotatable bonds is 6. The molecular weight excluding hydrogens is 367 g/mol. The number of piperidine rings is 1. The zero-order valence-electron chi connectivity index (χ0n) is 17.1. The lowest BCUT2D eigenvalue weighted by atomic mass is 9.89. The van der Waals surface area contributed by atoms with E-state index in [2.05, 4.69) is 29.6 Å². The Kier molecular flexibility index (Phi) is 7.02. The molecule has 0 radical (unpaired) electrons. The van der Waals surface area contributed by atoms with Crippen molar-refractivity contribution in [2.75, 3.05) is 13.1 Å². The quantitative estimate of drug-likeness (QED) is 0.800. The monoisotopic (exact) mass is 396 g/mol. The van der Waals surface area contributed by atoms with E-state index in [9.17, 15) is 14.0 Å². The first kappa shape index (κ1) is 21.0. The van der Waals surface area contributed by atoms with Gasteiger partial charge < -0.3 is 10.2 Å². The molecule has 29 heavy (non-hydrogen) atoms. The van der Waals surface area contributed by atoms with E-state index in [1.165, 1.54) is 23.8 Å². The Morgan fingerprint density at radius 3 is 2.28 bits per heavy atom. The molecule has 3 rings (SSSR count). The van der Waals surface area contributed by atoms with Crippen LogP contribution in [0.5, 0.6) is 0 Å². The normalized spacial score (nSPS) is 15.9. The summed E-state index contributed by atoms with van der Waals surface area (Å²) in [6.45, 7) is 5.17. The first-order valence-corrected chi connectivity index (χ1v) is 10.3. The van der Waals surface area contributed by atoms with Gasteiger partial charge in [0.15, 0.2) is 0 Å². The highest BCUT2D eigenvalue weighted by molar-refractivity contribution is 5.97. The van der Waals surface area contributed by atoms with Gasteiger partial charge in [-0.3, -0.25) is 9.59 Å². The predicted octanol–water partition coefficient (Wildman–Crippen LogP) is 4.06.